The minimum absolute atomic E-state index is 0.0311. The predicted molar refractivity (Wildman–Crippen MR) is 124 cm³/mol. The molecule has 32 heavy (non-hydrogen) atoms. The molecular formula is C24H29N3O4S. The summed E-state index contributed by atoms with van der Waals surface area (Å²) in [4.78, 5) is 27.6. The molecule has 2 aliphatic heterocycles. The van der Waals surface area contributed by atoms with Crippen molar-refractivity contribution < 1.29 is 18.0 Å². The largest absolute Gasteiger partial charge is 0.339 e. The predicted octanol–water partition coefficient (Wildman–Crippen LogP) is 3.10. The zero-order valence-electron chi connectivity index (χ0n) is 18.1. The summed E-state index contributed by atoms with van der Waals surface area (Å²) < 4.78 is 27.0. The number of carbonyl (C=O) groups is 2. The van der Waals surface area contributed by atoms with Gasteiger partial charge in [-0.05, 0) is 43.4 Å². The van der Waals surface area contributed by atoms with Gasteiger partial charge in [-0.1, -0.05) is 42.5 Å². The molecule has 0 aliphatic carbocycles. The van der Waals surface area contributed by atoms with Gasteiger partial charge in [-0.3, -0.25) is 9.59 Å². The Hall–Kier alpha value is -2.71. The molecule has 2 amide bonds. The average molecular weight is 456 g/mol. The van der Waals surface area contributed by atoms with Crippen molar-refractivity contribution in [2.45, 2.75) is 31.4 Å². The van der Waals surface area contributed by atoms with Crippen LogP contribution in [0.15, 0.2) is 54.6 Å². The number of anilines is 1. The summed E-state index contributed by atoms with van der Waals surface area (Å²) >= 11 is 0. The molecule has 0 saturated carbocycles. The number of para-hydroxylation sites is 1. The molecule has 1 N–H and O–H groups in total. The first-order valence-corrected chi connectivity index (χ1v) is 12.8. The maximum atomic E-state index is 12.9. The van der Waals surface area contributed by atoms with Gasteiger partial charge >= 0.3 is 0 Å². The lowest BCUT2D eigenvalue weighted by Crippen LogP contribution is -2.42. The number of nitrogens with one attached hydrogen (secondary N) is 1. The first kappa shape index (κ1) is 22.5. The minimum Gasteiger partial charge on any atom is -0.339 e. The topological polar surface area (TPSA) is 86.8 Å². The summed E-state index contributed by atoms with van der Waals surface area (Å²) in [5, 5.41) is 2.92. The van der Waals surface area contributed by atoms with Crippen molar-refractivity contribution in [3.05, 3.63) is 65.7 Å². The highest BCUT2D eigenvalue weighted by Gasteiger charge is 2.32. The molecule has 4 rings (SSSR count). The van der Waals surface area contributed by atoms with Crippen LogP contribution in [0, 0.1) is 5.92 Å². The standard InChI is InChI=1S/C24H29N3O4S/c28-23(25-22-11-5-4-10-21(22)24(29)26-14-6-7-15-26)20-12-16-27(17-13-20)32(30,31)18-19-8-2-1-3-9-19/h1-5,8-11,20H,6-7,12-18H2,(H,25,28). The smallest absolute Gasteiger partial charge is 0.255 e. The van der Waals surface area contributed by atoms with E-state index in [9.17, 15) is 18.0 Å². The van der Waals surface area contributed by atoms with E-state index in [2.05, 4.69) is 5.32 Å². The van der Waals surface area contributed by atoms with Gasteiger partial charge in [0, 0.05) is 32.1 Å². The second-order valence-corrected chi connectivity index (χ2v) is 10.4. The van der Waals surface area contributed by atoms with Gasteiger partial charge in [-0.25, -0.2) is 12.7 Å². The van der Waals surface area contributed by atoms with Gasteiger partial charge in [-0.2, -0.15) is 0 Å². The second-order valence-electron chi connectivity index (χ2n) is 8.45. The first-order chi connectivity index (χ1) is 15.4. The minimum atomic E-state index is -3.42. The molecule has 2 heterocycles. The maximum absolute atomic E-state index is 12.9. The van der Waals surface area contributed by atoms with Gasteiger partial charge in [0.1, 0.15) is 0 Å². The number of carbonyl (C=O) groups excluding carboxylic acids is 2. The lowest BCUT2D eigenvalue weighted by atomic mass is 9.97. The molecule has 2 aromatic rings. The summed E-state index contributed by atoms with van der Waals surface area (Å²) in [5.74, 6) is -0.531. The Labute approximate surface area is 189 Å². The molecule has 0 atom stereocenters. The van der Waals surface area contributed by atoms with Crippen molar-refractivity contribution >= 4 is 27.5 Å². The van der Waals surface area contributed by atoms with E-state index < -0.39 is 10.0 Å². The molecule has 0 spiro atoms. The third-order valence-electron chi connectivity index (χ3n) is 6.22. The molecule has 0 bridgehead atoms. The van der Waals surface area contributed by atoms with Crippen molar-refractivity contribution in [1.29, 1.82) is 0 Å². The number of sulfonamides is 1. The third-order valence-corrected chi connectivity index (χ3v) is 8.07. The highest BCUT2D eigenvalue weighted by Crippen LogP contribution is 2.25. The van der Waals surface area contributed by atoms with Gasteiger partial charge in [0.2, 0.25) is 15.9 Å². The summed E-state index contributed by atoms with van der Waals surface area (Å²) in [6.07, 6.45) is 2.93. The van der Waals surface area contributed by atoms with Gasteiger partial charge in [0.25, 0.3) is 5.91 Å². The molecule has 0 aromatic heterocycles. The summed E-state index contributed by atoms with van der Waals surface area (Å²) in [6, 6.07) is 16.2. The van der Waals surface area contributed by atoms with Crippen LogP contribution in [0.5, 0.6) is 0 Å². The van der Waals surface area contributed by atoms with Crippen LogP contribution in [0.2, 0.25) is 0 Å². The fraction of sp³-hybridized carbons (Fsp3) is 0.417. The van der Waals surface area contributed by atoms with Gasteiger partial charge in [0.15, 0.2) is 0 Å². The fourth-order valence-electron chi connectivity index (χ4n) is 4.38. The Morgan fingerprint density at radius 2 is 1.50 bits per heavy atom. The van der Waals surface area contributed by atoms with Crippen molar-refractivity contribution in [2.75, 3.05) is 31.5 Å². The van der Waals surface area contributed by atoms with Crippen molar-refractivity contribution in [3.63, 3.8) is 0 Å². The van der Waals surface area contributed by atoms with E-state index in [4.69, 9.17) is 0 Å². The highest BCUT2D eigenvalue weighted by molar-refractivity contribution is 7.88. The SMILES string of the molecule is O=C(Nc1ccccc1C(=O)N1CCCC1)C1CCN(S(=O)(=O)Cc2ccccc2)CC1. The Balaban J connectivity index is 1.36. The number of hydrogen-bond donors (Lipinski definition) is 1. The van der Waals surface area contributed by atoms with Crippen LogP contribution in [0.4, 0.5) is 5.69 Å². The lowest BCUT2D eigenvalue weighted by Gasteiger charge is -2.30. The van der Waals surface area contributed by atoms with Crippen LogP contribution in [0.3, 0.4) is 0 Å². The van der Waals surface area contributed by atoms with Gasteiger partial charge in [0.05, 0.1) is 17.0 Å². The van der Waals surface area contributed by atoms with Gasteiger partial charge < -0.3 is 10.2 Å². The molecule has 0 unspecified atom stereocenters. The van der Waals surface area contributed by atoms with E-state index in [1.807, 2.05) is 23.1 Å². The number of hydrogen-bond acceptors (Lipinski definition) is 4. The summed E-state index contributed by atoms with van der Waals surface area (Å²) in [6.45, 7) is 2.14. The number of benzene rings is 2. The Bertz CT molecular complexity index is 1060. The number of piperidine rings is 1. The second kappa shape index (κ2) is 9.83. The normalized spacial score (nSPS) is 17.9. The van der Waals surface area contributed by atoms with E-state index in [0.717, 1.165) is 31.5 Å². The Morgan fingerprint density at radius 1 is 0.875 bits per heavy atom. The van der Waals surface area contributed by atoms with E-state index in [0.29, 0.717) is 37.2 Å². The zero-order chi connectivity index (χ0) is 22.6. The molecule has 2 aliphatic rings. The molecular weight excluding hydrogens is 426 g/mol. The number of rotatable bonds is 6. The highest BCUT2D eigenvalue weighted by atomic mass is 32.2. The first-order valence-electron chi connectivity index (χ1n) is 11.1. The van der Waals surface area contributed by atoms with Crippen LogP contribution in [-0.2, 0) is 20.6 Å². The van der Waals surface area contributed by atoms with Crippen molar-refractivity contribution in [2.24, 2.45) is 5.92 Å². The van der Waals surface area contributed by atoms with Crippen LogP contribution >= 0.6 is 0 Å². The zero-order valence-corrected chi connectivity index (χ0v) is 18.9. The van der Waals surface area contributed by atoms with E-state index in [1.165, 1.54) is 4.31 Å². The van der Waals surface area contributed by atoms with Crippen molar-refractivity contribution in [3.8, 4) is 0 Å². The third kappa shape index (κ3) is 5.19. The Morgan fingerprint density at radius 3 is 2.19 bits per heavy atom. The molecule has 2 saturated heterocycles. The van der Waals surface area contributed by atoms with E-state index in [-0.39, 0.29) is 23.5 Å². The van der Waals surface area contributed by atoms with Crippen LogP contribution in [0.25, 0.3) is 0 Å². The number of nitrogens with zero attached hydrogens (tertiary/aromatic N) is 2. The van der Waals surface area contributed by atoms with Crippen molar-refractivity contribution in [1.82, 2.24) is 9.21 Å². The molecule has 170 valence electrons. The summed E-state index contributed by atoms with van der Waals surface area (Å²) in [7, 11) is -3.42. The average Bonchev–Trinajstić information content (AvgIpc) is 3.34. The van der Waals surface area contributed by atoms with E-state index >= 15 is 0 Å². The Kier molecular flexibility index (Phi) is 6.91. The molecule has 0 radical (unpaired) electrons. The lowest BCUT2D eigenvalue weighted by molar-refractivity contribution is -0.120. The molecule has 8 heteroatoms. The number of amides is 2. The van der Waals surface area contributed by atoms with Crippen LogP contribution < -0.4 is 5.32 Å². The van der Waals surface area contributed by atoms with Crippen LogP contribution in [0.1, 0.15) is 41.6 Å². The monoisotopic (exact) mass is 455 g/mol. The number of likely N-dealkylation sites (tertiary alicyclic amines) is 1. The van der Waals surface area contributed by atoms with Gasteiger partial charge in [-0.15, -0.1) is 0 Å². The molecule has 7 nitrogen and oxygen atoms in total. The summed E-state index contributed by atoms with van der Waals surface area (Å²) in [5.41, 5.74) is 1.78. The molecule has 2 fully saturated rings. The fourth-order valence-corrected chi connectivity index (χ4v) is 5.94. The quantitative estimate of drug-likeness (QED) is 0.725. The van der Waals surface area contributed by atoms with E-state index in [1.54, 1.807) is 36.4 Å². The molecule has 2 aromatic carbocycles. The van der Waals surface area contributed by atoms with Crippen LogP contribution in [-0.4, -0.2) is 55.6 Å². The maximum Gasteiger partial charge on any atom is 0.255 e.